The molecule has 0 unspecified atom stereocenters. The topological polar surface area (TPSA) is 26.4 Å². The average molecular weight is 275 g/mol. The Bertz CT molecular complexity index is 577. The zero-order valence-electron chi connectivity index (χ0n) is 12.5. The minimum atomic E-state index is 0.541. The lowest BCUT2D eigenvalue weighted by Crippen LogP contribution is -2.21. The van der Waals surface area contributed by atoms with E-state index < -0.39 is 0 Å². The monoisotopic (exact) mass is 275 g/mol. The molecule has 2 rings (SSSR count). The smallest absolute Gasteiger partial charge is 0.249 e. The number of aryl methyl sites for hydroxylation is 1. The summed E-state index contributed by atoms with van der Waals surface area (Å²) in [4.78, 5) is 0. The molecule has 0 saturated carbocycles. The summed E-state index contributed by atoms with van der Waals surface area (Å²) in [6.45, 7) is 6.48. The van der Waals surface area contributed by atoms with Crippen molar-refractivity contribution in [3.63, 3.8) is 0 Å². The highest BCUT2D eigenvalue weighted by Crippen LogP contribution is 2.18. The molecule has 1 aromatic carbocycles. The molecule has 0 amide bonds. The van der Waals surface area contributed by atoms with E-state index in [2.05, 4.69) is 52.9 Å². The van der Waals surface area contributed by atoms with E-state index in [1.807, 2.05) is 13.8 Å². The molecule has 0 fully saturated rings. The van der Waals surface area contributed by atoms with Gasteiger partial charge in [-0.15, -0.1) is 0 Å². The Labute approximate surface area is 120 Å². The summed E-state index contributed by atoms with van der Waals surface area (Å²) in [7, 11) is 2.06. The van der Waals surface area contributed by atoms with E-state index >= 15 is 0 Å². The first-order valence-electron chi connectivity index (χ1n) is 7.04. The van der Waals surface area contributed by atoms with E-state index in [0.717, 1.165) is 0 Å². The summed E-state index contributed by atoms with van der Waals surface area (Å²) in [6.07, 6.45) is 4.24. The lowest BCUT2D eigenvalue weighted by molar-refractivity contribution is -0.598. The third kappa shape index (κ3) is 3.46. The molecule has 0 saturated heterocycles. The molecule has 20 heavy (non-hydrogen) atoms. The van der Waals surface area contributed by atoms with Crippen molar-refractivity contribution in [1.29, 1.82) is 0 Å². The average Bonchev–Trinajstić information content (AvgIpc) is 2.79. The Morgan fingerprint density at radius 3 is 2.40 bits per heavy atom. The molecular formula is C16H23N2O2+. The normalized spacial score (nSPS) is 10.9. The van der Waals surface area contributed by atoms with Crippen molar-refractivity contribution in [2.24, 2.45) is 7.05 Å². The molecular weight excluding hydrogens is 252 g/mol. The van der Waals surface area contributed by atoms with Crippen LogP contribution in [-0.2, 0) is 16.5 Å². The van der Waals surface area contributed by atoms with Gasteiger partial charge in [-0.05, 0) is 19.9 Å². The molecule has 108 valence electrons. The van der Waals surface area contributed by atoms with E-state index in [9.17, 15) is 0 Å². The number of aromatic nitrogens is 1. The largest absolute Gasteiger partial charge is 0.350 e. The first kappa shape index (κ1) is 14.8. The number of ether oxygens (including phenoxy) is 2. The van der Waals surface area contributed by atoms with Gasteiger partial charge in [0.05, 0.1) is 18.8 Å². The van der Waals surface area contributed by atoms with Gasteiger partial charge in [0.2, 0.25) is 13.5 Å². The third-order valence-corrected chi connectivity index (χ3v) is 3.17. The van der Waals surface area contributed by atoms with Crippen LogP contribution in [0.2, 0.25) is 0 Å². The fourth-order valence-electron chi connectivity index (χ4n) is 2.20. The van der Waals surface area contributed by atoms with Crippen LogP contribution in [0, 0.1) is 0 Å². The Hall–Kier alpha value is -1.65. The number of hydrogen-bond acceptors (Lipinski definition) is 2. The predicted molar refractivity (Wildman–Crippen MR) is 81.3 cm³/mol. The molecule has 0 radical (unpaired) electrons. The molecule has 2 aromatic rings. The van der Waals surface area contributed by atoms with E-state index in [1.54, 1.807) is 0 Å². The van der Waals surface area contributed by atoms with Crippen molar-refractivity contribution in [1.82, 2.24) is 4.57 Å². The van der Waals surface area contributed by atoms with Gasteiger partial charge in [0.25, 0.3) is 0 Å². The Balaban J connectivity index is 2.31. The zero-order chi connectivity index (χ0) is 14.4. The molecule has 0 aliphatic heterocycles. The maximum Gasteiger partial charge on any atom is 0.249 e. The van der Waals surface area contributed by atoms with Crippen molar-refractivity contribution in [2.75, 3.05) is 26.7 Å². The molecule has 0 N–H and O–H groups in total. The molecule has 1 heterocycles. The van der Waals surface area contributed by atoms with Crippen LogP contribution in [0.3, 0.4) is 0 Å². The maximum atomic E-state index is 5.49. The van der Waals surface area contributed by atoms with Gasteiger partial charge in [0.15, 0.2) is 6.21 Å². The molecule has 0 aliphatic rings. The van der Waals surface area contributed by atoms with Gasteiger partial charge in [0, 0.05) is 24.1 Å². The van der Waals surface area contributed by atoms with E-state index in [-0.39, 0.29) is 0 Å². The van der Waals surface area contributed by atoms with Gasteiger partial charge < -0.3 is 14.0 Å². The second kappa shape index (κ2) is 7.22. The minimum absolute atomic E-state index is 0.541. The van der Waals surface area contributed by atoms with Crippen molar-refractivity contribution in [2.45, 2.75) is 13.8 Å². The quantitative estimate of drug-likeness (QED) is 0.441. The van der Waals surface area contributed by atoms with Crippen LogP contribution >= 0.6 is 0 Å². The highest BCUT2D eigenvalue weighted by molar-refractivity contribution is 5.97. The number of hydrogen-bond donors (Lipinski definition) is 0. The van der Waals surface area contributed by atoms with E-state index in [1.165, 1.54) is 16.5 Å². The van der Waals surface area contributed by atoms with Crippen molar-refractivity contribution in [3.05, 3.63) is 36.0 Å². The summed E-state index contributed by atoms with van der Waals surface area (Å²) in [5.41, 5.74) is 2.41. The minimum Gasteiger partial charge on any atom is -0.350 e. The molecule has 0 aliphatic carbocycles. The van der Waals surface area contributed by atoms with Crippen molar-refractivity contribution in [3.8, 4) is 0 Å². The fourth-order valence-corrected chi connectivity index (χ4v) is 2.20. The number of rotatable bonds is 7. The molecule has 0 atom stereocenters. The second-order valence-corrected chi connectivity index (χ2v) is 4.67. The number of para-hydroxylation sites is 1. The Morgan fingerprint density at radius 2 is 1.75 bits per heavy atom. The lowest BCUT2D eigenvalue weighted by atomic mass is 10.2. The van der Waals surface area contributed by atoms with Crippen LogP contribution in [0.1, 0.15) is 19.4 Å². The second-order valence-electron chi connectivity index (χ2n) is 4.67. The highest BCUT2D eigenvalue weighted by atomic mass is 16.5. The molecule has 4 nitrogen and oxygen atoms in total. The number of benzene rings is 1. The van der Waals surface area contributed by atoms with Crippen LogP contribution < -0.4 is 0 Å². The fraction of sp³-hybridized carbons (Fsp3) is 0.438. The number of nitrogens with zero attached hydrogens (tertiary/aromatic N) is 2. The van der Waals surface area contributed by atoms with Crippen LogP contribution in [0.4, 0.5) is 0 Å². The van der Waals surface area contributed by atoms with Crippen LogP contribution in [0.5, 0.6) is 0 Å². The van der Waals surface area contributed by atoms with Crippen LogP contribution in [-0.4, -0.2) is 42.0 Å². The predicted octanol–water partition coefficient (Wildman–Crippen LogP) is 2.60. The highest BCUT2D eigenvalue weighted by Gasteiger charge is 2.10. The van der Waals surface area contributed by atoms with Crippen molar-refractivity contribution >= 4 is 17.1 Å². The first-order chi connectivity index (χ1) is 9.76. The summed E-state index contributed by atoms with van der Waals surface area (Å²) >= 11 is 0. The van der Waals surface area contributed by atoms with Gasteiger partial charge >= 0.3 is 0 Å². The van der Waals surface area contributed by atoms with Gasteiger partial charge in [-0.25, -0.2) is 0 Å². The molecule has 1 aromatic heterocycles. The van der Waals surface area contributed by atoms with Gasteiger partial charge in [-0.2, -0.15) is 4.58 Å². The van der Waals surface area contributed by atoms with Gasteiger partial charge in [-0.3, -0.25) is 0 Å². The summed E-state index contributed by atoms with van der Waals surface area (Å²) < 4.78 is 15.2. The first-order valence-corrected chi connectivity index (χ1v) is 7.04. The summed E-state index contributed by atoms with van der Waals surface area (Å²) in [6, 6.07) is 8.39. The molecule has 0 spiro atoms. The summed E-state index contributed by atoms with van der Waals surface area (Å²) in [5, 5.41) is 1.24. The zero-order valence-corrected chi connectivity index (χ0v) is 12.5. The maximum absolute atomic E-state index is 5.49. The van der Waals surface area contributed by atoms with E-state index in [0.29, 0.717) is 26.7 Å². The number of fused-ring (bicyclic) bond motifs is 1. The van der Waals surface area contributed by atoms with Gasteiger partial charge in [-0.1, -0.05) is 18.2 Å². The van der Waals surface area contributed by atoms with Gasteiger partial charge in [0.1, 0.15) is 0 Å². The lowest BCUT2D eigenvalue weighted by Gasteiger charge is -2.03. The standard InChI is InChI=1S/C16H23N2O2/c1-4-19-12-18(13-20-5-2)11-14-10-17(3)16-9-7-6-8-15(14)16/h6-11H,4-5,12-13H2,1-3H3/q+1. The molecule has 4 heteroatoms. The van der Waals surface area contributed by atoms with Crippen LogP contribution in [0.15, 0.2) is 30.5 Å². The van der Waals surface area contributed by atoms with E-state index in [4.69, 9.17) is 9.47 Å². The Morgan fingerprint density at radius 1 is 1.10 bits per heavy atom. The SMILES string of the molecule is CCOC[N+](=Cc1cn(C)c2ccccc12)COCC. The third-order valence-electron chi connectivity index (χ3n) is 3.17. The van der Waals surface area contributed by atoms with Crippen molar-refractivity contribution < 1.29 is 14.0 Å². The van der Waals surface area contributed by atoms with Crippen LogP contribution in [0.25, 0.3) is 10.9 Å². The molecule has 0 bridgehead atoms. The Kier molecular flexibility index (Phi) is 5.32. The summed E-state index contributed by atoms with van der Waals surface area (Å²) in [5.74, 6) is 0.